The maximum atomic E-state index is 13.6. The first-order chi connectivity index (χ1) is 17.3. The fourth-order valence-corrected chi connectivity index (χ4v) is 7.16. The van der Waals surface area contributed by atoms with Gasteiger partial charge in [0.25, 0.3) is 0 Å². The summed E-state index contributed by atoms with van der Waals surface area (Å²) in [5.74, 6) is 0. The first-order valence-corrected chi connectivity index (χ1v) is 13.5. The first kappa shape index (κ1) is 28.4. The lowest BCUT2D eigenvalue weighted by Gasteiger charge is -2.59. The summed E-state index contributed by atoms with van der Waals surface area (Å²) >= 11 is 0. The minimum absolute atomic E-state index is 0.0147. The summed E-state index contributed by atoms with van der Waals surface area (Å²) in [4.78, 5) is 1.35. The Hall–Kier alpha value is -1.58. The molecule has 1 spiro atoms. The van der Waals surface area contributed by atoms with Crippen LogP contribution in [0.1, 0.15) is 31.2 Å². The van der Waals surface area contributed by atoms with Crippen molar-refractivity contribution in [3.05, 3.63) is 23.8 Å². The number of hydrogen-bond donors (Lipinski definition) is 2. The molecule has 2 aliphatic heterocycles. The maximum absolute atomic E-state index is 13.6. The molecule has 210 valence electrons. The van der Waals surface area contributed by atoms with Gasteiger partial charge in [-0.15, -0.1) is 0 Å². The van der Waals surface area contributed by atoms with E-state index in [1.165, 1.54) is 0 Å². The van der Waals surface area contributed by atoms with Crippen LogP contribution in [0.15, 0.2) is 23.1 Å². The van der Waals surface area contributed by atoms with Gasteiger partial charge in [0.1, 0.15) is 4.90 Å². The molecule has 4 rings (SSSR count). The van der Waals surface area contributed by atoms with Crippen LogP contribution in [0.2, 0.25) is 0 Å². The number of nitrogens with zero attached hydrogens (tertiary/aromatic N) is 2. The zero-order valence-electron chi connectivity index (χ0n) is 20.4. The summed E-state index contributed by atoms with van der Waals surface area (Å²) in [7, 11) is -2.78. The Bertz CT molecular complexity index is 1070. The normalized spacial score (nSPS) is 27.4. The van der Waals surface area contributed by atoms with Gasteiger partial charge in [-0.2, -0.15) is 17.5 Å². The number of aliphatic hydroxyl groups excluding tert-OH is 1. The smallest absolute Gasteiger partial charge is 0.394 e. The Balaban J connectivity index is 1.68. The van der Waals surface area contributed by atoms with E-state index in [1.807, 2.05) is 11.9 Å². The van der Waals surface area contributed by atoms with Crippen LogP contribution in [0.5, 0.6) is 0 Å². The fraction of sp³-hybridized carbons (Fsp3) is 0.739. The second kappa shape index (κ2) is 10.5. The number of alkyl halides is 5. The SMILES string of the molecule is CN1C2(CCC2)COCC1(CO)CNc1ccc(C(F)(F)F)cc1S(=O)(=O)N1CCOCC1CC(F)F. The van der Waals surface area contributed by atoms with Crippen LogP contribution in [0.3, 0.4) is 0 Å². The lowest BCUT2D eigenvalue weighted by molar-refractivity contribution is -0.176. The molecule has 2 N–H and O–H groups in total. The summed E-state index contributed by atoms with van der Waals surface area (Å²) in [5, 5.41) is 13.3. The van der Waals surface area contributed by atoms with Gasteiger partial charge in [-0.3, -0.25) is 4.90 Å². The minimum Gasteiger partial charge on any atom is -0.394 e. The zero-order chi connectivity index (χ0) is 27.1. The predicted molar refractivity (Wildman–Crippen MR) is 124 cm³/mol. The number of sulfonamides is 1. The molecule has 1 saturated carbocycles. The number of aliphatic hydroxyl groups is 1. The van der Waals surface area contributed by atoms with Gasteiger partial charge < -0.3 is 19.9 Å². The van der Waals surface area contributed by atoms with Crippen LogP contribution in [0, 0.1) is 0 Å². The van der Waals surface area contributed by atoms with Crippen molar-refractivity contribution < 1.29 is 45.0 Å². The van der Waals surface area contributed by atoms with Crippen molar-refractivity contribution in [3.63, 3.8) is 0 Å². The van der Waals surface area contributed by atoms with E-state index in [-0.39, 0.29) is 50.7 Å². The molecule has 3 fully saturated rings. The maximum Gasteiger partial charge on any atom is 0.416 e. The van der Waals surface area contributed by atoms with Crippen molar-refractivity contribution in [3.8, 4) is 0 Å². The van der Waals surface area contributed by atoms with Gasteiger partial charge >= 0.3 is 6.18 Å². The third-order valence-corrected chi connectivity index (χ3v) is 9.86. The fourth-order valence-electron chi connectivity index (χ4n) is 5.36. The van der Waals surface area contributed by atoms with E-state index in [2.05, 4.69) is 5.32 Å². The average Bonchev–Trinajstić information content (AvgIpc) is 2.82. The molecular formula is C23H32F5N3O5S. The van der Waals surface area contributed by atoms with Crippen LogP contribution in [0.4, 0.5) is 27.6 Å². The number of ether oxygens (including phenoxy) is 2. The first-order valence-electron chi connectivity index (χ1n) is 12.1. The van der Waals surface area contributed by atoms with Crippen molar-refractivity contribution in [2.24, 2.45) is 0 Å². The highest BCUT2D eigenvalue weighted by molar-refractivity contribution is 7.89. The topological polar surface area (TPSA) is 91.3 Å². The molecule has 3 aliphatic rings. The molecule has 0 amide bonds. The molecule has 2 unspecified atom stereocenters. The van der Waals surface area contributed by atoms with Gasteiger partial charge in [0, 0.05) is 25.0 Å². The Kier molecular flexibility index (Phi) is 8.09. The van der Waals surface area contributed by atoms with E-state index in [0.29, 0.717) is 12.7 Å². The van der Waals surface area contributed by atoms with E-state index in [1.54, 1.807) is 0 Å². The van der Waals surface area contributed by atoms with Crippen LogP contribution in [0.25, 0.3) is 0 Å². The molecule has 8 nitrogen and oxygen atoms in total. The summed E-state index contributed by atoms with van der Waals surface area (Å²) in [6.45, 7) is -0.345. The lowest BCUT2D eigenvalue weighted by atomic mass is 9.72. The highest BCUT2D eigenvalue weighted by atomic mass is 32.2. The van der Waals surface area contributed by atoms with E-state index in [0.717, 1.165) is 35.7 Å². The molecular weight excluding hydrogens is 525 g/mol. The Morgan fingerprint density at radius 3 is 2.54 bits per heavy atom. The number of nitrogens with one attached hydrogen (secondary N) is 1. The van der Waals surface area contributed by atoms with Crippen LogP contribution in [-0.4, -0.2) is 99.4 Å². The van der Waals surface area contributed by atoms with Crippen molar-refractivity contribution in [2.45, 2.75) is 60.3 Å². The summed E-state index contributed by atoms with van der Waals surface area (Å²) in [5.41, 5.74) is -2.50. The highest BCUT2D eigenvalue weighted by Gasteiger charge is 2.53. The molecule has 0 aromatic heterocycles. The number of benzene rings is 1. The number of hydrogen-bond acceptors (Lipinski definition) is 7. The Labute approximate surface area is 212 Å². The second-order valence-corrected chi connectivity index (χ2v) is 11.9. The lowest BCUT2D eigenvalue weighted by Crippen LogP contribution is -2.72. The molecule has 2 atom stereocenters. The van der Waals surface area contributed by atoms with Gasteiger partial charge in [0.05, 0.1) is 55.9 Å². The number of likely N-dealkylation sites (N-methyl/N-ethyl adjacent to an activating group) is 1. The largest absolute Gasteiger partial charge is 0.416 e. The van der Waals surface area contributed by atoms with E-state index < -0.39 is 51.1 Å². The van der Waals surface area contributed by atoms with Crippen LogP contribution < -0.4 is 5.32 Å². The standard InChI is InChI=1S/C23H32F5N3O5S/c1-30-21(5-2-6-21)14-36-15-22(30,13-32)12-29-18-4-3-16(23(26,27)28)9-19(18)37(33,34)31-7-8-35-11-17(31)10-20(24)25/h3-4,9,17,20,29,32H,2,5-8,10-15H2,1H3. The van der Waals surface area contributed by atoms with Crippen LogP contribution in [-0.2, 0) is 25.7 Å². The number of halogens is 5. The highest BCUT2D eigenvalue weighted by Crippen LogP contribution is 2.44. The number of rotatable bonds is 8. The van der Waals surface area contributed by atoms with E-state index in [4.69, 9.17) is 9.47 Å². The molecule has 2 saturated heterocycles. The molecule has 1 aromatic carbocycles. The van der Waals surface area contributed by atoms with Crippen molar-refractivity contribution in [1.82, 2.24) is 9.21 Å². The molecule has 2 heterocycles. The zero-order valence-corrected chi connectivity index (χ0v) is 21.3. The van der Waals surface area contributed by atoms with Gasteiger partial charge in [0.15, 0.2) is 0 Å². The Morgan fingerprint density at radius 1 is 1.22 bits per heavy atom. The molecule has 1 aliphatic carbocycles. The molecule has 0 radical (unpaired) electrons. The Morgan fingerprint density at radius 2 is 1.95 bits per heavy atom. The van der Waals surface area contributed by atoms with Crippen molar-refractivity contribution >= 4 is 15.7 Å². The third-order valence-electron chi connectivity index (χ3n) is 7.87. The molecule has 0 bridgehead atoms. The molecule has 14 heteroatoms. The predicted octanol–water partition coefficient (Wildman–Crippen LogP) is 2.78. The van der Waals surface area contributed by atoms with Gasteiger partial charge in [-0.05, 0) is 44.5 Å². The third kappa shape index (κ3) is 5.46. The molecule has 1 aromatic rings. The monoisotopic (exact) mass is 557 g/mol. The second-order valence-electron chi connectivity index (χ2n) is 10.0. The number of morpholine rings is 2. The van der Waals surface area contributed by atoms with E-state index in [9.17, 15) is 35.5 Å². The van der Waals surface area contributed by atoms with E-state index >= 15 is 0 Å². The van der Waals surface area contributed by atoms with Crippen molar-refractivity contribution in [2.75, 3.05) is 58.5 Å². The summed E-state index contributed by atoms with van der Waals surface area (Å²) in [6.07, 6.45) is -5.71. The van der Waals surface area contributed by atoms with Crippen LogP contribution >= 0.6 is 0 Å². The summed E-state index contributed by atoms with van der Waals surface area (Å²) in [6, 6.07) is 1.08. The molecule has 37 heavy (non-hydrogen) atoms. The van der Waals surface area contributed by atoms with Gasteiger partial charge in [0.2, 0.25) is 16.4 Å². The summed E-state index contributed by atoms with van der Waals surface area (Å²) < 4.78 is 106. The van der Waals surface area contributed by atoms with Crippen molar-refractivity contribution in [1.29, 1.82) is 0 Å². The van der Waals surface area contributed by atoms with Gasteiger partial charge in [-0.25, -0.2) is 17.2 Å². The quantitative estimate of drug-likeness (QED) is 0.475. The average molecular weight is 558 g/mol. The number of anilines is 1. The van der Waals surface area contributed by atoms with Gasteiger partial charge in [-0.1, -0.05) is 0 Å². The minimum atomic E-state index is -4.82.